The van der Waals surface area contributed by atoms with Crippen LogP contribution in [0.3, 0.4) is 0 Å². The first-order valence-electron chi connectivity index (χ1n) is 5.54. The van der Waals surface area contributed by atoms with Crippen molar-refractivity contribution < 1.29 is 9.84 Å². The molecule has 1 saturated heterocycles. The Morgan fingerprint density at radius 1 is 1.43 bits per heavy atom. The van der Waals surface area contributed by atoms with Crippen LogP contribution < -0.4 is 5.32 Å². The number of ether oxygens (including phenoxy) is 1. The van der Waals surface area contributed by atoms with Gasteiger partial charge in [0.15, 0.2) is 0 Å². The third-order valence-electron chi connectivity index (χ3n) is 3.91. The number of hydrogen-bond acceptors (Lipinski definition) is 3. The number of aliphatic hydroxyl groups excluding tert-OH is 1. The maximum absolute atomic E-state index is 9.41. The van der Waals surface area contributed by atoms with E-state index < -0.39 is 0 Å². The van der Waals surface area contributed by atoms with Crippen LogP contribution >= 0.6 is 0 Å². The average molecular weight is 199 g/mol. The first-order chi connectivity index (χ1) is 6.58. The highest BCUT2D eigenvalue weighted by Crippen LogP contribution is 2.41. The Morgan fingerprint density at radius 3 is 2.57 bits per heavy atom. The minimum Gasteiger partial charge on any atom is -0.394 e. The summed E-state index contributed by atoms with van der Waals surface area (Å²) in [6.45, 7) is 6.21. The summed E-state index contributed by atoms with van der Waals surface area (Å²) < 4.78 is 5.37. The molecule has 3 nitrogen and oxygen atoms in total. The van der Waals surface area contributed by atoms with E-state index in [2.05, 4.69) is 19.2 Å². The van der Waals surface area contributed by atoms with Crippen LogP contribution in [-0.4, -0.2) is 36.5 Å². The number of rotatable bonds is 3. The molecule has 1 saturated carbocycles. The van der Waals surface area contributed by atoms with E-state index in [9.17, 15) is 5.11 Å². The second-order valence-corrected chi connectivity index (χ2v) is 5.47. The first-order valence-corrected chi connectivity index (χ1v) is 5.54. The van der Waals surface area contributed by atoms with Gasteiger partial charge in [-0.3, -0.25) is 0 Å². The molecule has 82 valence electrons. The van der Waals surface area contributed by atoms with Crippen LogP contribution in [0.5, 0.6) is 0 Å². The van der Waals surface area contributed by atoms with Crippen molar-refractivity contribution in [3.8, 4) is 0 Å². The van der Waals surface area contributed by atoms with E-state index in [4.69, 9.17) is 4.74 Å². The normalized spacial score (nSPS) is 40.9. The van der Waals surface area contributed by atoms with Gasteiger partial charge in [0.05, 0.1) is 18.8 Å². The number of aliphatic hydroxyl groups is 1. The lowest BCUT2D eigenvalue weighted by molar-refractivity contribution is 0.0427. The third kappa shape index (κ3) is 1.69. The van der Waals surface area contributed by atoms with E-state index in [0.29, 0.717) is 18.1 Å². The van der Waals surface area contributed by atoms with Crippen LogP contribution in [0, 0.1) is 5.41 Å². The highest BCUT2D eigenvalue weighted by atomic mass is 16.5. The van der Waals surface area contributed by atoms with Gasteiger partial charge in [-0.1, -0.05) is 13.8 Å². The van der Waals surface area contributed by atoms with Gasteiger partial charge in [0.25, 0.3) is 0 Å². The Hall–Kier alpha value is -0.120. The second kappa shape index (κ2) is 3.47. The molecule has 0 aromatic carbocycles. The predicted octanol–water partition coefficient (Wildman–Crippen LogP) is 0.916. The SMILES string of the molecule is CC1(C)CCC1NC1(CO)CCOC1. The molecule has 14 heavy (non-hydrogen) atoms. The van der Waals surface area contributed by atoms with Crippen molar-refractivity contribution in [3.63, 3.8) is 0 Å². The molecule has 2 unspecified atom stereocenters. The fourth-order valence-corrected chi connectivity index (χ4v) is 2.39. The van der Waals surface area contributed by atoms with Gasteiger partial charge in [0.2, 0.25) is 0 Å². The largest absolute Gasteiger partial charge is 0.394 e. The summed E-state index contributed by atoms with van der Waals surface area (Å²) >= 11 is 0. The van der Waals surface area contributed by atoms with E-state index in [0.717, 1.165) is 13.0 Å². The van der Waals surface area contributed by atoms with E-state index in [1.165, 1.54) is 12.8 Å². The van der Waals surface area contributed by atoms with E-state index in [1.807, 2.05) is 0 Å². The topological polar surface area (TPSA) is 41.5 Å². The van der Waals surface area contributed by atoms with Crippen molar-refractivity contribution in [3.05, 3.63) is 0 Å². The molecule has 0 aromatic heterocycles. The molecule has 1 aliphatic heterocycles. The van der Waals surface area contributed by atoms with Crippen LogP contribution in [0.25, 0.3) is 0 Å². The average Bonchev–Trinajstić information content (AvgIpc) is 2.62. The number of hydrogen-bond donors (Lipinski definition) is 2. The fourth-order valence-electron chi connectivity index (χ4n) is 2.39. The van der Waals surface area contributed by atoms with Crippen molar-refractivity contribution in [2.45, 2.75) is 44.7 Å². The molecular weight excluding hydrogens is 178 g/mol. The summed E-state index contributed by atoms with van der Waals surface area (Å²) in [5, 5.41) is 13.0. The molecule has 1 aliphatic carbocycles. The molecule has 1 heterocycles. The fraction of sp³-hybridized carbons (Fsp3) is 1.00. The summed E-state index contributed by atoms with van der Waals surface area (Å²) in [7, 11) is 0. The molecule has 2 N–H and O–H groups in total. The molecular formula is C11H21NO2. The minimum atomic E-state index is -0.150. The summed E-state index contributed by atoms with van der Waals surface area (Å²) in [6.07, 6.45) is 3.46. The smallest absolute Gasteiger partial charge is 0.0675 e. The molecule has 0 radical (unpaired) electrons. The van der Waals surface area contributed by atoms with E-state index in [-0.39, 0.29) is 12.1 Å². The van der Waals surface area contributed by atoms with Crippen molar-refractivity contribution in [2.24, 2.45) is 5.41 Å². The molecule has 2 atom stereocenters. The lowest BCUT2D eigenvalue weighted by atomic mass is 9.66. The molecule has 0 aromatic rings. The van der Waals surface area contributed by atoms with Crippen LogP contribution in [0.2, 0.25) is 0 Å². The summed E-state index contributed by atoms with van der Waals surface area (Å²) in [4.78, 5) is 0. The quantitative estimate of drug-likeness (QED) is 0.710. The third-order valence-corrected chi connectivity index (χ3v) is 3.91. The van der Waals surface area contributed by atoms with Crippen LogP contribution in [0.15, 0.2) is 0 Å². The van der Waals surface area contributed by atoms with Gasteiger partial charge in [0.1, 0.15) is 0 Å². The molecule has 2 aliphatic rings. The highest BCUT2D eigenvalue weighted by molar-refractivity contribution is 5.01. The lowest BCUT2D eigenvalue weighted by Gasteiger charge is -2.48. The minimum absolute atomic E-state index is 0.150. The predicted molar refractivity (Wildman–Crippen MR) is 55.2 cm³/mol. The van der Waals surface area contributed by atoms with E-state index >= 15 is 0 Å². The summed E-state index contributed by atoms with van der Waals surface area (Å²) in [5.41, 5.74) is 0.243. The van der Waals surface area contributed by atoms with Crippen LogP contribution in [-0.2, 0) is 4.74 Å². The molecule has 3 heteroatoms. The van der Waals surface area contributed by atoms with Gasteiger partial charge in [-0.25, -0.2) is 0 Å². The second-order valence-electron chi connectivity index (χ2n) is 5.47. The van der Waals surface area contributed by atoms with Crippen molar-refractivity contribution in [1.29, 1.82) is 0 Å². The Kier molecular flexibility index (Phi) is 2.58. The monoisotopic (exact) mass is 199 g/mol. The summed E-state index contributed by atoms with van der Waals surface area (Å²) in [6, 6.07) is 0.552. The molecule has 0 spiro atoms. The molecule has 2 fully saturated rings. The van der Waals surface area contributed by atoms with Gasteiger partial charge >= 0.3 is 0 Å². The zero-order valence-electron chi connectivity index (χ0n) is 9.18. The Bertz CT molecular complexity index is 209. The van der Waals surface area contributed by atoms with Gasteiger partial charge in [-0.2, -0.15) is 0 Å². The van der Waals surface area contributed by atoms with Gasteiger partial charge in [-0.05, 0) is 24.7 Å². The van der Waals surface area contributed by atoms with Gasteiger partial charge in [0, 0.05) is 12.6 Å². The van der Waals surface area contributed by atoms with Crippen LogP contribution in [0.4, 0.5) is 0 Å². The van der Waals surface area contributed by atoms with Gasteiger partial charge < -0.3 is 15.2 Å². The van der Waals surface area contributed by atoms with Crippen molar-refractivity contribution >= 4 is 0 Å². The van der Waals surface area contributed by atoms with E-state index in [1.54, 1.807) is 0 Å². The summed E-state index contributed by atoms with van der Waals surface area (Å²) in [5.74, 6) is 0. The molecule has 0 bridgehead atoms. The zero-order chi connectivity index (χ0) is 10.2. The molecule has 2 rings (SSSR count). The van der Waals surface area contributed by atoms with Crippen molar-refractivity contribution in [2.75, 3.05) is 19.8 Å². The Morgan fingerprint density at radius 2 is 2.21 bits per heavy atom. The zero-order valence-corrected chi connectivity index (χ0v) is 9.18. The molecule has 0 amide bonds. The van der Waals surface area contributed by atoms with Crippen molar-refractivity contribution in [1.82, 2.24) is 5.32 Å². The Balaban J connectivity index is 1.95. The lowest BCUT2D eigenvalue weighted by Crippen LogP contribution is -2.61. The highest BCUT2D eigenvalue weighted by Gasteiger charge is 2.44. The maximum Gasteiger partial charge on any atom is 0.0675 e. The number of nitrogens with one attached hydrogen (secondary N) is 1. The van der Waals surface area contributed by atoms with Crippen LogP contribution in [0.1, 0.15) is 33.1 Å². The Labute approximate surface area is 85.8 Å². The van der Waals surface area contributed by atoms with Gasteiger partial charge in [-0.15, -0.1) is 0 Å². The standard InChI is InChI=1S/C11H21NO2/c1-10(2)4-3-9(10)12-11(7-13)5-6-14-8-11/h9,12-13H,3-8H2,1-2H3. The first kappa shape index (κ1) is 10.4. The maximum atomic E-state index is 9.41.